The molecule has 1 aliphatic rings. The number of likely N-dealkylation sites (N-methyl/N-ethyl adjacent to an activating group) is 1. The summed E-state index contributed by atoms with van der Waals surface area (Å²) < 4.78 is 0. The van der Waals surface area contributed by atoms with E-state index in [4.69, 9.17) is 28.9 Å². The molecule has 0 spiro atoms. The van der Waals surface area contributed by atoms with Crippen LogP contribution in [0.25, 0.3) is 0 Å². The number of nitrogens with zero attached hydrogens (tertiary/aromatic N) is 2. The molecule has 0 unspecified atom stereocenters. The maximum atomic E-state index is 6.36. The van der Waals surface area contributed by atoms with Crippen molar-refractivity contribution in [3.63, 3.8) is 0 Å². The van der Waals surface area contributed by atoms with Gasteiger partial charge in [0.05, 0.1) is 0 Å². The molecule has 0 bridgehead atoms. The van der Waals surface area contributed by atoms with Crippen LogP contribution in [-0.4, -0.2) is 62.2 Å². The van der Waals surface area contributed by atoms with Crippen LogP contribution in [0.2, 0.25) is 5.02 Å². The van der Waals surface area contributed by atoms with Gasteiger partial charge < -0.3 is 21.3 Å². The molecule has 1 saturated heterocycles. The first-order chi connectivity index (χ1) is 17.4. The molecule has 1 aromatic rings. The smallest absolute Gasteiger partial charge is 0.0406 e. The molecule has 0 amide bonds. The minimum absolute atomic E-state index is 0.632. The summed E-state index contributed by atoms with van der Waals surface area (Å²) in [6.45, 7) is 15.0. The van der Waals surface area contributed by atoms with Crippen LogP contribution < -0.4 is 16.4 Å². The molecule has 5 nitrogen and oxygen atoms in total. The summed E-state index contributed by atoms with van der Waals surface area (Å²) in [6, 6.07) is 8.92. The second-order valence-corrected chi connectivity index (χ2v) is 9.85. The molecule has 2 rings (SSSR count). The van der Waals surface area contributed by atoms with Crippen molar-refractivity contribution in [3.8, 4) is 12.3 Å². The zero-order valence-electron chi connectivity index (χ0n) is 22.3. The molecular weight excluding hydrogens is 489 g/mol. The van der Waals surface area contributed by atoms with Gasteiger partial charge in [0.2, 0.25) is 0 Å². The van der Waals surface area contributed by atoms with E-state index in [0.717, 1.165) is 60.5 Å². The van der Waals surface area contributed by atoms with Gasteiger partial charge in [0.1, 0.15) is 0 Å². The summed E-state index contributed by atoms with van der Waals surface area (Å²) in [7, 11) is 1.82. The largest absolute Gasteiger partial charge is 0.404 e. The lowest BCUT2D eigenvalue weighted by atomic mass is 10.0. The normalized spacial score (nSPS) is 15.2. The van der Waals surface area contributed by atoms with Crippen molar-refractivity contribution in [2.45, 2.75) is 52.1 Å². The van der Waals surface area contributed by atoms with Crippen molar-refractivity contribution < 1.29 is 0 Å². The van der Waals surface area contributed by atoms with Gasteiger partial charge in [0, 0.05) is 53.7 Å². The number of terminal acetylenes is 1. The van der Waals surface area contributed by atoms with Crippen molar-refractivity contribution in [2.24, 2.45) is 5.73 Å². The highest BCUT2D eigenvalue weighted by atomic mass is 35.5. The first-order valence-electron chi connectivity index (χ1n) is 12.8. The van der Waals surface area contributed by atoms with Crippen LogP contribution in [-0.2, 0) is 6.54 Å². The Labute approximate surface area is 229 Å². The lowest BCUT2D eigenvalue weighted by Gasteiger charge is -2.38. The minimum Gasteiger partial charge on any atom is -0.404 e. The Morgan fingerprint density at radius 1 is 1.28 bits per heavy atom. The van der Waals surface area contributed by atoms with E-state index in [1.54, 1.807) is 6.92 Å². The number of likely N-dealkylation sites (tertiary alicyclic amines) is 1. The van der Waals surface area contributed by atoms with Gasteiger partial charge in [-0.05, 0) is 89.1 Å². The lowest BCUT2D eigenvalue weighted by molar-refractivity contribution is 0.103. The van der Waals surface area contributed by atoms with E-state index in [0.29, 0.717) is 12.6 Å². The third-order valence-corrected chi connectivity index (χ3v) is 6.63. The van der Waals surface area contributed by atoms with Crippen molar-refractivity contribution in [2.75, 3.05) is 46.3 Å². The zero-order chi connectivity index (χ0) is 26.8. The number of hydrogen-bond donors (Lipinski definition) is 3. The van der Waals surface area contributed by atoms with Gasteiger partial charge in [-0.25, -0.2) is 0 Å². The number of hydrogen-bond acceptors (Lipinski definition) is 5. The molecular formula is C29H45Cl2N5. The van der Waals surface area contributed by atoms with Crippen molar-refractivity contribution >= 4 is 23.2 Å². The maximum Gasteiger partial charge on any atom is 0.0406 e. The molecule has 0 radical (unpaired) electrons. The van der Waals surface area contributed by atoms with E-state index in [2.05, 4.69) is 58.4 Å². The Balaban J connectivity index is 0.00000205. The number of halogens is 2. The highest BCUT2D eigenvalue weighted by Gasteiger charge is 2.23. The maximum absolute atomic E-state index is 6.36. The van der Waals surface area contributed by atoms with E-state index < -0.39 is 0 Å². The fourth-order valence-corrected chi connectivity index (χ4v) is 4.61. The average molecular weight is 535 g/mol. The fraction of sp³-hybridized carbons (Fsp3) is 0.517. The lowest BCUT2D eigenvalue weighted by Crippen LogP contribution is -2.45. The van der Waals surface area contributed by atoms with Gasteiger partial charge in [-0.2, -0.15) is 0 Å². The molecule has 200 valence electrons. The second kappa shape index (κ2) is 19.2. The van der Waals surface area contributed by atoms with Crippen LogP contribution >= 0.6 is 23.2 Å². The first kappa shape index (κ1) is 32.1. The summed E-state index contributed by atoms with van der Waals surface area (Å²) >= 11 is 12.4. The molecule has 1 aliphatic heterocycles. The van der Waals surface area contributed by atoms with Gasteiger partial charge in [-0.3, -0.25) is 4.90 Å². The van der Waals surface area contributed by atoms with E-state index in [1.807, 2.05) is 25.3 Å². The van der Waals surface area contributed by atoms with E-state index in [-0.39, 0.29) is 0 Å². The van der Waals surface area contributed by atoms with Crippen LogP contribution in [0.1, 0.15) is 45.1 Å². The fourth-order valence-electron chi connectivity index (χ4n) is 4.27. The Morgan fingerprint density at radius 3 is 2.47 bits per heavy atom. The number of piperidine rings is 1. The van der Waals surface area contributed by atoms with Crippen molar-refractivity contribution in [1.29, 1.82) is 0 Å². The monoisotopic (exact) mass is 533 g/mol. The van der Waals surface area contributed by atoms with Crippen molar-refractivity contribution in [1.82, 2.24) is 20.4 Å². The SMILES string of the molecule is C#CC.C=C(NC)C(/C=C(/Cl)CNCCCN(CCC)C1CCN(Cc2ccc(Cl)cc2)CC1)=C/N. The molecule has 0 saturated carbocycles. The van der Waals surface area contributed by atoms with Gasteiger partial charge in [0.15, 0.2) is 0 Å². The molecule has 36 heavy (non-hydrogen) atoms. The number of allylic oxidation sites excluding steroid dienone is 1. The molecule has 0 aromatic heterocycles. The Kier molecular flexibility index (Phi) is 17.1. The second-order valence-electron chi connectivity index (χ2n) is 8.93. The van der Waals surface area contributed by atoms with Crippen molar-refractivity contribution in [3.05, 3.63) is 70.0 Å². The Bertz CT molecular complexity index is 849. The van der Waals surface area contributed by atoms with Gasteiger partial charge >= 0.3 is 0 Å². The highest BCUT2D eigenvalue weighted by molar-refractivity contribution is 6.30. The molecule has 0 atom stereocenters. The summed E-state index contributed by atoms with van der Waals surface area (Å²) in [5.41, 5.74) is 8.56. The van der Waals surface area contributed by atoms with Crippen LogP contribution in [0.4, 0.5) is 0 Å². The zero-order valence-corrected chi connectivity index (χ0v) is 23.8. The van der Waals surface area contributed by atoms with Crippen LogP contribution in [0.5, 0.6) is 0 Å². The molecule has 7 heteroatoms. The predicted octanol–water partition coefficient (Wildman–Crippen LogP) is 5.33. The van der Waals surface area contributed by atoms with Crippen LogP contribution in [0.3, 0.4) is 0 Å². The number of nitrogens with one attached hydrogen (secondary N) is 2. The number of nitrogens with two attached hydrogens (primary N) is 1. The van der Waals surface area contributed by atoms with E-state index >= 15 is 0 Å². The average Bonchev–Trinajstić information content (AvgIpc) is 2.88. The summed E-state index contributed by atoms with van der Waals surface area (Å²) in [4.78, 5) is 5.25. The van der Waals surface area contributed by atoms with Gasteiger partial charge in [-0.15, -0.1) is 12.3 Å². The predicted molar refractivity (Wildman–Crippen MR) is 158 cm³/mol. The summed E-state index contributed by atoms with van der Waals surface area (Å²) in [6.07, 6.45) is 12.7. The van der Waals surface area contributed by atoms with Crippen LogP contribution in [0.15, 0.2) is 59.4 Å². The standard InChI is InChI=1S/C26H41Cl2N5.C3H4/c1-4-13-33(14-5-12-31-19-25(28)17-23(18-29)21(2)30-3)26-10-15-32(16-11-26)20-22-6-8-24(27)9-7-22;1-3-2/h6-9,17-18,26,30-31H,2,4-5,10-16,19-20,29H2,1,3H3;1H,2H3/b23-18+,25-17+;. The quantitative estimate of drug-likeness (QED) is 0.171. The Hall–Kier alpha value is -1.94. The minimum atomic E-state index is 0.632. The van der Waals surface area contributed by atoms with E-state index in [9.17, 15) is 0 Å². The summed E-state index contributed by atoms with van der Waals surface area (Å²) in [5, 5.41) is 7.96. The highest BCUT2D eigenvalue weighted by Crippen LogP contribution is 2.20. The number of benzene rings is 1. The van der Waals surface area contributed by atoms with Gasteiger partial charge in [-0.1, -0.05) is 48.8 Å². The van der Waals surface area contributed by atoms with E-state index in [1.165, 1.54) is 37.6 Å². The molecule has 1 aromatic carbocycles. The molecule has 1 heterocycles. The molecule has 1 fully saturated rings. The number of rotatable bonds is 14. The first-order valence-corrected chi connectivity index (χ1v) is 13.6. The molecule has 4 N–H and O–H groups in total. The Morgan fingerprint density at radius 2 is 1.92 bits per heavy atom. The topological polar surface area (TPSA) is 56.6 Å². The van der Waals surface area contributed by atoms with Gasteiger partial charge in [0.25, 0.3) is 0 Å². The third kappa shape index (κ3) is 12.9. The molecule has 0 aliphatic carbocycles. The third-order valence-electron chi connectivity index (χ3n) is 6.14. The van der Waals surface area contributed by atoms with Crippen LogP contribution in [0, 0.1) is 12.3 Å². The summed E-state index contributed by atoms with van der Waals surface area (Å²) in [5.74, 6) is 2.25.